The molecule has 0 bridgehead atoms. The van der Waals surface area contributed by atoms with Crippen LogP contribution in [0, 0.1) is 5.92 Å². The van der Waals surface area contributed by atoms with Crippen molar-refractivity contribution in [1.29, 1.82) is 0 Å². The van der Waals surface area contributed by atoms with Crippen LogP contribution in [0.5, 0.6) is 0 Å². The number of anilines is 1. The zero-order chi connectivity index (χ0) is 12.0. The highest BCUT2D eigenvalue weighted by molar-refractivity contribution is 9.10. The van der Waals surface area contributed by atoms with Crippen LogP contribution >= 0.6 is 27.5 Å². The van der Waals surface area contributed by atoms with Crippen LogP contribution in [-0.4, -0.2) is 19.8 Å². The number of nitrogens with one attached hydrogen (secondary N) is 1. The standard InChI is InChI=1S/C12H17BrClNO/c1-9(2)8-16-6-5-15-12-7-10(13)3-4-11(12)14/h3-4,7,9,15H,5-6,8H2,1-2H3. The minimum Gasteiger partial charge on any atom is -0.381 e. The molecule has 2 nitrogen and oxygen atoms in total. The van der Waals surface area contributed by atoms with E-state index in [0.717, 1.165) is 28.3 Å². The molecule has 1 aromatic rings. The molecule has 16 heavy (non-hydrogen) atoms. The van der Waals surface area contributed by atoms with Gasteiger partial charge in [-0.15, -0.1) is 0 Å². The van der Waals surface area contributed by atoms with Crippen molar-refractivity contribution >= 4 is 33.2 Å². The highest BCUT2D eigenvalue weighted by Gasteiger charge is 2.00. The van der Waals surface area contributed by atoms with Gasteiger partial charge in [-0.3, -0.25) is 0 Å². The molecule has 1 rings (SSSR count). The second-order valence-corrected chi connectivity index (χ2v) is 5.34. The van der Waals surface area contributed by atoms with Gasteiger partial charge in [0.1, 0.15) is 0 Å². The lowest BCUT2D eigenvalue weighted by Gasteiger charge is -2.10. The Morgan fingerprint density at radius 1 is 1.44 bits per heavy atom. The van der Waals surface area contributed by atoms with Crippen molar-refractivity contribution in [3.63, 3.8) is 0 Å². The van der Waals surface area contributed by atoms with Crippen molar-refractivity contribution in [2.24, 2.45) is 5.92 Å². The molecule has 0 heterocycles. The van der Waals surface area contributed by atoms with Gasteiger partial charge in [-0.2, -0.15) is 0 Å². The Morgan fingerprint density at radius 2 is 2.19 bits per heavy atom. The number of halogens is 2. The highest BCUT2D eigenvalue weighted by atomic mass is 79.9. The van der Waals surface area contributed by atoms with Gasteiger partial charge in [0.15, 0.2) is 0 Å². The smallest absolute Gasteiger partial charge is 0.0639 e. The monoisotopic (exact) mass is 305 g/mol. The minimum absolute atomic E-state index is 0.578. The molecule has 0 saturated carbocycles. The van der Waals surface area contributed by atoms with Crippen molar-refractivity contribution < 1.29 is 4.74 Å². The lowest BCUT2D eigenvalue weighted by atomic mass is 10.2. The molecular weight excluding hydrogens is 289 g/mol. The van der Waals surface area contributed by atoms with Gasteiger partial charge in [0.05, 0.1) is 17.3 Å². The molecule has 90 valence electrons. The topological polar surface area (TPSA) is 21.3 Å². The van der Waals surface area contributed by atoms with Crippen LogP contribution in [-0.2, 0) is 4.74 Å². The Bertz CT molecular complexity index is 331. The molecule has 0 unspecified atom stereocenters. The third kappa shape index (κ3) is 5.19. The molecule has 1 aromatic carbocycles. The number of ether oxygens (including phenoxy) is 1. The summed E-state index contributed by atoms with van der Waals surface area (Å²) in [4.78, 5) is 0. The first kappa shape index (κ1) is 13.8. The molecule has 0 aliphatic heterocycles. The molecule has 0 amide bonds. The van der Waals surface area contributed by atoms with Crippen LogP contribution < -0.4 is 5.32 Å². The SMILES string of the molecule is CC(C)COCCNc1cc(Br)ccc1Cl. The predicted molar refractivity (Wildman–Crippen MR) is 73.3 cm³/mol. The summed E-state index contributed by atoms with van der Waals surface area (Å²) in [6, 6.07) is 5.75. The number of hydrogen-bond acceptors (Lipinski definition) is 2. The van der Waals surface area contributed by atoms with Crippen LogP contribution in [0.15, 0.2) is 22.7 Å². The van der Waals surface area contributed by atoms with E-state index in [9.17, 15) is 0 Å². The van der Waals surface area contributed by atoms with E-state index < -0.39 is 0 Å². The first-order valence-corrected chi connectivity index (χ1v) is 6.53. The summed E-state index contributed by atoms with van der Waals surface area (Å²) in [7, 11) is 0. The molecule has 0 radical (unpaired) electrons. The molecule has 0 saturated heterocycles. The van der Waals surface area contributed by atoms with Crippen molar-refractivity contribution in [3.05, 3.63) is 27.7 Å². The number of hydrogen-bond donors (Lipinski definition) is 1. The van der Waals surface area contributed by atoms with Crippen LogP contribution in [0.4, 0.5) is 5.69 Å². The van der Waals surface area contributed by atoms with Crippen molar-refractivity contribution in [1.82, 2.24) is 0 Å². The third-order valence-corrected chi connectivity index (χ3v) is 2.76. The molecule has 0 aliphatic rings. The summed E-state index contributed by atoms with van der Waals surface area (Å²) in [5.41, 5.74) is 0.934. The van der Waals surface area contributed by atoms with Gasteiger partial charge in [0.2, 0.25) is 0 Å². The van der Waals surface area contributed by atoms with Gasteiger partial charge < -0.3 is 10.1 Å². The highest BCUT2D eigenvalue weighted by Crippen LogP contribution is 2.25. The fourth-order valence-electron chi connectivity index (χ4n) is 1.21. The summed E-state index contributed by atoms with van der Waals surface area (Å²) < 4.78 is 6.49. The first-order valence-electron chi connectivity index (χ1n) is 5.36. The summed E-state index contributed by atoms with van der Waals surface area (Å²) in [6.07, 6.45) is 0. The fourth-order valence-corrected chi connectivity index (χ4v) is 1.76. The average Bonchev–Trinajstić information content (AvgIpc) is 2.22. The number of rotatable bonds is 6. The molecule has 0 aromatic heterocycles. The van der Waals surface area contributed by atoms with Crippen LogP contribution in [0.3, 0.4) is 0 Å². The zero-order valence-corrected chi connectivity index (χ0v) is 11.9. The van der Waals surface area contributed by atoms with E-state index in [0.29, 0.717) is 12.5 Å². The van der Waals surface area contributed by atoms with Gasteiger partial charge in [-0.25, -0.2) is 0 Å². The quantitative estimate of drug-likeness (QED) is 0.796. The van der Waals surface area contributed by atoms with Gasteiger partial charge in [0.25, 0.3) is 0 Å². The van der Waals surface area contributed by atoms with Crippen molar-refractivity contribution in [2.75, 3.05) is 25.1 Å². The molecular formula is C12H17BrClNO. The lowest BCUT2D eigenvalue weighted by Crippen LogP contribution is -2.12. The van der Waals surface area contributed by atoms with Gasteiger partial charge >= 0.3 is 0 Å². The van der Waals surface area contributed by atoms with Gasteiger partial charge in [-0.1, -0.05) is 41.4 Å². The van der Waals surface area contributed by atoms with Crippen LogP contribution in [0.2, 0.25) is 5.02 Å². The Morgan fingerprint density at radius 3 is 2.88 bits per heavy atom. The maximum atomic E-state index is 6.04. The van der Waals surface area contributed by atoms with E-state index in [-0.39, 0.29) is 0 Å². The molecule has 1 N–H and O–H groups in total. The Hall–Kier alpha value is -0.250. The third-order valence-electron chi connectivity index (χ3n) is 1.94. The zero-order valence-electron chi connectivity index (χ0n) is 9.59. The predicted octanol–water partition coefficient (Wildman–Crippen LogP) is 4.19. The molecule has 0 aliphatic carbocycles. The lowest BCUT2D eigenvalue weighted by molar-refractivity contribution is 0.118. The summed E-state index contributed by atoms with van der Waals surface area (Å²) in [5, 5.41) is 3.97. The second-order valence-electron chi connectivity index (χ2n) is 4.02. The molecule has 0 fully saturated rings. The van der Waals surface area contributed by atoms with Crippen molar-refractivity contribution in [3.8, 4) is 0 Å². The van der Waals surface area contributed by atoms with E-state index >= 15 is 0 Å². The maximum Gasteiger partial charge on any atom is 0.0639 e. The van der Waals surface area contributed by atoms with E-state index in [1.807, 2.05) is 18.2 Å². The van der Waals surface area contributed by atoms with E-state index in [1.54, 1.807) is 0 Å². The average molecular weight is 307 g/mol. The first-order chi connectivity index (χ1) is 7.59. The normalized spacial score (nSPS) is 10.8. The largest absolute Gasteiger partial charge is 0.381 e. The Kier molecular flexibility index (Phi) is 6.17. The minimum atomic E-state index is 0.578. The maximum absolute atomic E-state index is 6.04. The van der Waals surface area contributed by atoms with Crippen LogP contribution in [0.1, 0.15) is 13.8 Å². The Balaban J connectivity index is 2.29. The summed E-state index contributed by atoms with van der Waals surface area (Å²) in [6.45, 7) is 6.54. The van der Waals surface area contributed by atoms with Gasteiger partial charge in [-0.05, 0) is 24.1 Å². The second kappa shape index (κ2) is 7.15. The fraction of sp³-hybridized carbons (Fsp3) is 0.500. The van der Waals surface area contributed by atoms with Crippen LogP contribution in [0.25, 0.3) is 0 Å². The van der Waals surface area contributed by atoms with Crippen molar-refractivity contribution in [2.45, 2.75) is 13.8 Å². The molecule has 0 atom stereocenters. The van der Waals surface area contributed by atoms with E-state index in [1.165, 1.54) is 0 Å². The summed E-state index contributed by atoms with van der Waals surface area (Å²) >= 11 is 9.44. The number of benzene rings is 1. The molecule has 4 heteroatoms. The van der Waals surface area contributed by atoms with Gasteiger partial charge in [0, 0.05) is 17.6 Å². The molecule has 0 spiro atoms. The summed E-state index contributed by atoms with van der Waals surface area (Å²) in [5.74, 6) is 0.578. The Labute approximate surface area is 110 Å². The van der Waals surface area contributed by atoms with E-state index in [2.05, 4.69) is 35.1 Å². The van der Waals surface area contributed by atoms with E-state index in [4.69, 9.17) is 16.3 Å².